The standard InChI is InChI=1S/C17H31N5/c1-5-7-15-12-22(13-16(15)21(3)4)11-14-9-19-17(20-10-14)18-8-6-2/h9-10,15-16H,5-8,11-13H2,1-4H3,(H,18,19,20)/t15-,16-/m0/s1. The van der Waals surface area contributed by atoms with Crippen LogP contribution in [0.2, 0.25) is 0 Å². The van der Waals surface area contributed by atoms with Gasteiger partial charge in [0.25, 0.3) is 0 Å². The molecule has 2 rings (SSSR count). The topological polar surface area (TPSA) is 44.3 Å². The molecule has 1 aliphatic rings. The van der Waals surface area contributed by atoms with Crippen molar-refractivity contribution < 1.29 is 0 Å². The van der Waals surface area contributed by atoms with Gasteiger partial charge in [0.2, 0.25) is 5.95 Å². The van der Waals surface area contributed by atoms with Crippen molar-refractivity contribution in [2.45, 2.75) is 45.7 Å². The first kappa shape index (κ1) is 17.2. The number of likely N-dealkylation sites (N-methyl/N-ethyl adjacent to an activating group) is 1. The fourth-order valence-electron chi connectivity index (χ4n) is 3.33. The average Bonchev–Trinajstić information content (AvgIpc) is 2.90. The first-order valence-corrected chi connectivity index (χ1v) is 8.57. The number of anilines is 1. The quantitative estimate of drug-likeness (QED) is 0.799. The molecule has 0 saturated carbocycles. The normalized spacial score (nSPS) is 22.4. The van der Waals surface area contributed by atoms with Crippen molar-refractivity contribution in [3.63, 3.8) is 0 Å². The van der Waals surface area contributed by atoms with Crippen molar-refractivity contribution in [2.75, 3.05) is 39.0 Å². The van der Waals surface area contributed by atoms with Gasteiger partial charge < -0.3 is 10.2 Å². The van der Waals surface area contributed by atoms with Crippen LogP contribution in [0, 0.1) is 5.92 Å². The highest BCUT2D eigenvalue weighted by atomic mass is 15.2. The van der Waals surface area contributed by atoms with E-state index in [2.05, 4.69) is 53.0 Å². The summed E-state index contributed by atoms with van der Waals surface area (Å²) in [4.78, 5) is 13.7. The molecule has 2 atom stereocenters. The maximum absolute atomic E-state index is 4.41. The van der Waals surface area contributed by atoms with E-state index >= 15 is 0 Å². The molecule has 2 heterocycles. The van der Waals surface area contributed by atoms with Gasteiger partial charge in [-0.05, 0) is 32.9 Å². The van der Waals surface area contributed by atoms with Crippen LogP contribution < -0.4 is 5.32 Å². The van der Waals surface area contributed by atoms with Crippen LogP contribution >= 0.6 is 0 Å². The second-order valence-corrected chi connectivity index (χ2v) is 6.62. The zero-order valence-corrected chi connectivity index (χ0v) is 14.5. The van der Waals surface area contributed by atoms with E-state index in [-0.39, 0.29) is 0 Å². The second-order valence-electron chi connectivity index (χ2n) is 6.62. The lowest BCUT2D eigenvalue weighted by Gasteiger charge is -2.24. The van der Waals surface area contributed by atoms with Crippen LogP contribution in [0.4, 0.5) is 5.95 Å². The van der Waals surface area contributed by atoms with Crippen LogP contribution in [0.15, 0.2) is 12.4 Å². The molecule has 1 saturated heterocycles. The Kier molecular flexibility index (Phi) is 6.58. The van der Waals surface area contributed by atoms with Crippen LogP contribution in [-0.4, -0.2) is 59.5 Å². The summed E-state index contributed by atoms with van der Waals surface area (Å²) in [5, 5.41) is 3.22. The van der Waals surface area contributed by atoms with E-state index in [9.17, 15) is 0 Å². The predicted molar refractivity (Wildman–Crippen MR) is 92.0 cm³/mol. The molecule has 1 fully saturated rings. The summed E-state index contributed by atoms with van der Waals surface area (Å²) in [6.07, 6.45) is 7.59. The number of hydrogen-bond acceptors (Lipinski definition) is 5. The summed E-state index contributed by atoms with van der Waals surface area (Å²) in [5.41, 5.74) is 1.21. The lowest BCUT2D eigenvalue weighted by atomic mass is 9.98. The largest absolute Gasteiger partial charge is 0.354 e. The van der Waals surface area contributed by atoms with Crippen LogP contribution in [0.1, 0.15) is 38.7 Å². The summed E-state index contributed by atoms with van der Waals surface area (Å²) in [7, 11) is 4.41. The Hall–Kier alpha value is -1.20. The molecule has 1 N–H and O–H groups in total. The number of rotatable bonds is 8. The zero-order valence-electron chi connectivity index (χ0n) is 14.5. The molecule has 0 radical (unpaired) electrons. The number of aromatic nitrogens is 2. The molecular weight excluding hydrogens is 274 g/mol. The Morgan fingerprint density at radius 2 is 1.91 bits per heavy atom. The molecule has 0 bridgehead atoms. The average molecular weight is 305 g/mol. The lowest BCUT2D eigenvalue weighted by molar-refractivity contribution is 0.238. The van der Waals surface area contributed by atoms with Crippen LogP contribution in [0.5, 0.6) is 0 Å². The minimum atomic E-state index is 0.673. The van der Waals surface area contributed by atoms with Gasteiger partial charge in [0.1, 0.15) is 0 Å². The second kappa shape index (κ2) is 8.44. The molecule has 124 valence electrons. The molecular formula is C17H31N5. The van der Waals surface area contributed by atoms with Crippen molar-refractivity contribution in [3.05, 3.63) is 18.0 Å². The number of nitrogens with zero attached hydrogens (tertiary/aromatic N) is 4. The van der Waals surface area contributed by atoms with Crippen molar-refractivity contribution in [3.8, 4) is 0 Å². The monoisotopic (exact) mass is 305 g/mol. The van der Waals surface area contributed by atoms with Crippen molar-refractivity contribution in [1.29, 1.82) is 0 Å². The molecule has 0 aliphatic carbocycles. The summed E-state index contributed by atoms with van der Waals surface area (Å²) >= 11 is 0. The van der Waals surface area contributed by atoms with E-state index < -0.39 is 0 Å². The Balaban J connectivity index is 1.90. The minimum absolute atomic E-state index is 0.673. The molecule has 0 amide bonds. The molecule has 22 heavy (non-hydrogen) atoms. The zero-order chi connectivity index (χ0) is 15.9. The van der Waals surface area contributed by atoms with E-state index in [1.807, 2.05) is 12.4 Å². The molecule has 0 aromatic carbocycles. The first-order valence-electron chi connectivity index (χ1n) is 8.57. The Morgan fingerprint density at radius 3 is 2.50 bits per heavy atom. The Labute approximate surface area is 135 Å². The number of likely N-dealkylation sites (tertiary alicyclic amines) is 1. The highest BCUT2D eigenvalue weighted by molar-refractivity contribution is 5.24. The Morgan fingerprint density at radius 1 is 1.18 bits per heavy atom. The van der Waals surface area contributed by atoms with Gasteiger partial charge in [-0.1, -0.05) is 20.3 Å². The highest BCUT2D eigenvalue weighted by Crippen LogP contribution is 2.25. The predicted octanol–water partition coefficient (Wildman–Crippen LogP) is 2.46. The summed E-state index contributed by atoms with van der Waals surface area (Å²) in [5.74, 6) is 1.52. The smallest absolute Gasteiger partial charge is 0.222 e. The summed E-state index contributed by atoms with van der Waals surface area (Å²) in [6.45, 7) is 8.64. The number of nitrogens with one attached hydrogen (secondary N) is 1. The van der Waals surface area contributed by atoms with Gasteiger partial charge in [0.15, 0.2) is 0 Å². The van der Waals surface area contributed by atoms with Crippen LogP contribution in [-0.2, 0) is 6.54 Å². The van der Waals surface area contributed by atoms with Crippen molar-refractivity contribution in [1.82, 2.24) is 19.8 Å². The third-order valence-electron chi connectivity index (χ3n) is 4.45. The van der Waals surface area contributed by atoms with E-state index in [0.29, 0.717) is 6.04 Å². The summed E-state index contributed by atoms with van der Waals surface area (Å²) < 4.78 is 0. The van der Waals surface area contributed by atoms with Gasteiger partial charge in [0, 0.05) is 50.2 Å². The Bertz CT molecular complexity index is 431. The molecule has 1 aliphatic heterocycles. The van der Waals surface area contributed by atoms with Gasteiger partial charge in [-0.15, -0.1) is 0 Å². The molecule has 0 spiro atoms. The first-order chi connectivity index (χ1) is 10.6. The highest BCUT2D eigenvalue weighted by Gasteiger charge is 2.33. The van der Waals surface area contributed by atoms with E-state index in [1.54, 1.807) is 0 Å². The van der Waals surface area contributed by atoms with Crippen molar-refractivity contribution in [2.24, 2.45) is 5.92 Å². The van der Waals surface area contributed by atoms with Gasteiger partial charge in [-0.3, -0.25) is 4.90 Å². The van der Waals surface area contributed by atoms with E-state index in [4.69, 9.17) is 0 Å². The molecule has 5 heteroatoms. The summed E-state index contributed by atoms with van der Waals surface area (Å²) in [6, 6.07) is 0.673. The lowest BCUT2D eigenvalue weighted by Crippen LogP contribution is -2.35. The fourth-order valence-corrected chi connectivity index (χ4v) is 3.33. The van der Waals surface area contributed by atoms with Gasteiger partial charge in [-0.25, -0.2) is 9.97 Å². The SMILES string of the molecule is CCCNc1ncc(CN2C[C@H](CCC)[C@@H](N(C)C)C2)cn1. The van der Waals surface area contributed by atoms with Crippen LogP contribution in [0.3, 0.4) is 0 Å². The molecule has 5 nitrogen and oxygen atoms in total. The third-order valence-corrected chi connectivity index (χ3v) is 4.45. The third kappa shape index (κ3) is 4.65. The van der Waals surface area contributed by atoms with E-state index in [1.165, 1.54) is 24.9 Å². The van der Waals surface area contributed by atoms with Gasteiger partial charge in [-0.2, -0.15) is 0 Å². The maximum atomic E-state index is 4.41. The van der Waals surface area contributed by atoms with Crippen molar-refractivity contribution >= 4 is 5.95 Å². The van der Waals surface area contributed by atoms with Gasteiger partial charge >= 0.3 is 0 Å². The molecule has 1 aromatic heterocycles. The molecule has 1 aromatic rings. The van der Waals surface area contributed by atoms with E-state index in [0.717, 1.165) is 37.9 Å². The fraction of sp³-hybridized carbons (Fsp3) is 0.765. The minimum Gasteiger partial charge on any atom is -0.354 e. The maximum Gasteiger partial charge on any atom is 0.222 e. The molecule has 0 unspecified atom stereocenters. The van der Waals surface area contributed by atoms with Gasteiger partial charge in [0.05, 0.1) is 0 Å². The number of hydrogen-bond donors (Lipinski definition) is 1. The van der Waals surface area contributed by atoms with Crippen LogP contribution in [0.25, 0.3) is 0 Å².